The number of carbonyl (C=O) groups is 2. The molecule has 34 heavy (non-hydrogen) atoms. The highest BCUT2D eigenvalue weighted by Gasteiger charge is 2.65. The SMILES string of the molecule is COC(=O)[C@]12COC(C)(C)O[C@H]1[C@@H](CCO[Si](C)(C)C(C)(C)C)OC(=O)N2Cc1ccccc1. The summed E-state index contributed by atoms with van der Waals surface area (Å²) in [5.41, 5.74) is -0.622. The zero-order valence-corrected chi connectivity index (χ0v) is 22.7. The summed E-state index contributed by atoms with van der Waals surface area (Å²) in [4.78, 5) is 28.0. The summed E-state index contributed by atoms with van der Waals surface area (Å²) in [6.07, 6.45) is -1.67. The number of rotatable bonds is 7. The smallest absolute Gasteiger partial charge is 0.411 e. The molecule has 0 aromatic heterocycles. The van der Waals surface area contributed by atoms with E-state index < -0.39 is 43.9 Å². The summed E-state index contributed by atoms with van der Waals surface area (Å²) >= 11 is 0. The maximum Gasteiger partial charge on any atom is 0.411 e. The van der Waals surface area contributed by atoms with Crippen molar-refractivity contribution in [3.63, 3.8) is 0 Å². The first-order chi connectivity index (χ1) is 15.7. The summed E-state index contributed by atoms with van der Waals surface area (Å²) in [7, 11) is -0.689. The second-order valence-corrected chi connectivity index (χ2v) is 15.8. The third-order valence-corrected chi connectivity index (χ3v) is 11.7. The highest BCUT2D eigenvalue weighted by atomic mass is 28.4. The summed E-state index contributed by atoms with van der Waals surface area (Å²) in [6.45, 7) is 14.9. The second-order valence-electron chi connectivity index (χ2n) is 11.0. The molecule has 3 rings (SSSR count). The molecule has 2 saturated heterocycles. The Balaban J connectivity index is 1.93. The van der Waals surface area contributed by atoms with Crippen molar-refractivity contribution in [2.45, 2.75) is 89.3 Å². The molecular weight excluding hydrogens is 454 g/mol. The number of methoxy groups -OCH3 is 1. The lowest BCUT2D eigenvalue weighted by atomic mass is 9.83. The van der Waals surface area contributed by atoms with Crippen molar-refractivity contribution in [1.82, 2.24) is 4.90 Å². The molecule has 9 heteroatoms. The fourth-order valence-electron chi connectivity index (χ4n) is 4.13. The van der Waals surface area contributed by atoms with E-state index in [0.717, 1.165) is 5.56 Å². The molecular formula is C25H39NO7Si. The van der Waals surface area contributed by atoms with Crippen molar-refractivity contribution in [3.8, 4) is 0 Å². The molecule has 2 aliphatic heterocycles. The molecule has 1 aromatic rings. The van der Waals surface area contributed by atoms with Crippen LogP contribution in [0, 0.1) is 0 Å². The quantitative estimate of drug-likeness (QED) is 0.409. The van der Waals surface area contributed by atoms with Crippen LogP contribution in [0.25, 0.3) is 0 Å². The first-order valence-corrected chi connectivity index (χ1v) is 14.7. The third-order valence-electron chi connectivity index (χ3n) is 7.21. The van der Waals surface area contributed by atoms with Gasteiger partial charge in [-0.25, -0.2) is 9.59 Å². The average Bonchev–Trinajstić information content (AvgIpc) is 2.75. The van der Waals surface area contributed by atoms with Crippen molar-refractivity contribution in [1.29, 1.82) is 0 Å². The number of nitrogens with zero attached hydrogens (tertiary/aromatic N) is 1. The van der Waals surface area contributed by atoms with E-state index in [1.54, 1.807) is 13.8 Å². The average molecular weight is 494 g/mol. The van der Waals surface area contributed by atoms with E-state index in [9.17, 15) is 9.59 Å². The van der Waals surface area contributed by atoms with Crippen LogP contribution >= 0.6 is 0 Å². The fraction of sp³-hybridized carbons (Fsp3) is 0.680. The lowest BCUT2D eigenvalue weighted by Crippen LogP contribution is -2.77. The number of ether oxygens (including phenoxy) is 4. The van der Waals surface area contributed by atoms with Crippen LogP contribution in [0.3, 0.4) is 0 Å². The van der Waals surface area contributed by atoms with Crippen LogP contribution < -0.4 is 0 Å². The molecule has 0 unspecified atom stereocenters. The number of cyclic esters (lactones) is 1. The van der Waals surface area contributed by atoms with Gasteiger partial charge in [-0.1, -0.05) is 51.1 Å². The molecule has 1 aromatic carbocycles. The zero-order chi connectivity index (χ0) is 25.4. The number of carbonyl (C=O) groups excluding carboxylic acids is 2. The minimum absolute atomic E-state index is 0.0513. The van der Waals surface area contributed by atoms with Crippen molar-refractivity contribution in [3.05, 3.63) is 35.9 Å². The highest BCUT2D eigenvalue weighted by Crippen LogP contribution is 2.42. The van der Waals surface area contributed by atoms with Gasteiger partial charge in [0.1, 0.15) is 12.2 Å². The van der Waals surface area contributed by atoms with Crippen LogP contribution in [0.15, 0.2) is 30.3 Å². The number of hydrogen-bond donors (Lipinski definition) is 0. The molecule has 3 atom stereocenters. The molecule has 2 fully saturated rings. The van der Waals surface area contributed by atoms with Crippen LogP contribution in [-0.2, 0) is 34.7 Å². The van der Waals surface area contributed by atoms with Gasteiger partial charge >= 0.3 is 12.1 Å². The summed E-state index contributed by atoms with van der Waals surface area (Å²) in [5.74, 6) is -1.54. The number of benzene rings is 1. The van der Waals surface area contributed by atoms with Crippen molar-refractivity contribution in [2.24, 2.45) is 0 Å². The lowest BCUT2D eigenvalue weighted by Gasteiger charge is -2.56. The lowest BCUT2D eigenvalue weighted by molar-refractivity contribution is -0.338. The topological polar surface area (TPSA) is 83.5 Å². The minimum atomic E-state index is -2.00. The second kappa shape index (κ2) is 9.60. The van der Waals surface area contributed by atoms with Gasteiger partial charge < -0.3 is 23.4 Å². The number of esters is 1. The minimum Gasteiger partial charge on any atom is -0.467 e. The predicted octanol–water partition coefficient (Wildman–Crippen LogP) is 4.48. The maximum absolute atomic E-state index is 13.3. The van der Waals surface area contributed by atoms with Gasteiger partial charge in [0.2, 0.25) is 0 Å². The van der Waals surface area contributed by atoms with E-state index in [-0.39, 0.29) is 18.2 Å². The molecule has 0 N–H and O–H groups in total. The Kier molecular flexibility index (Phi) is 7.53. The summed E-state index contributed by atoms with van der Waals surface area (Å²) in [6, 6.07) is 9.43. The Morgan fingerprint density at radius 3 is 2.44 bits per heavy atom. The number of fused-ring (bicyclic) bond motifs is 1. The Bertz CT molecular complexity index is 883. The largest absolute Gasteiger partial charge is 0.467 e. The number of hydrogen-bond acceptors (Lipinski definition) is 7. The molecule has 0 saturated carbocycles. The van der Waals surface area contributed by atoms with Crippen molar-refractivity contribution < 1.29 is 33.0 Å². The molecule has 2 heterocycles. The van der Waals surface area contributed by atoms with Crippen molar-refractivity contribution >= 4 is 20.4 Å². The molecule has 0 spiro atoms. The van der Waals surface area contributed by atoms with E-state index in [0.29, 0.717) is 13.0 Å². The predicted molar refractivity (Wildman–Crippen MR) is 130 cm³/mol. The number of amides is 1. The van der Waals surface area contributed by atoms with Crippen LogP contribution in [0.4, 0.5) is 4.79 Å². The summed E-state index contributed by atoms with van der Waals surface area (Å²) in [5, 5.41) is 0.0513. The van der Waals surface area contributed by atoms with Crippen LogP contribution in [-0.4, -0.2) is 69.1 Å². The third kappa shape index (κ3) is 5.17. The van der Waals surface area contributed by atoms with Crippen LogP contribution in [0.5, 0.6) is 0 Å². The Morgan fingerprint density at radius 2 is 1.85 bits per heavy atom. The van der Waals surface area contributed by atoms with E-state index in [2.05, 4.69) is 33.9 Å². The van der Waals surface area contributed by atoms with Gasteiger partial charge in [0.25, 0.3) is 0 Å². The first-order valence-electron chi connectivity index (χ1n) is 11.8. The van der Waals surface area contributed by atoms with E-state index in [1.807, 2.05) is 30.3 Å². The standard InChI is InChI=1S/C25H39NO7Si/c1-23(2,3)34(7,8)31-15-14-19-20-25(21(27)29-6,17-30-24(4,5)33-20)26(22(28)32-19)16-18-12-10-9-11-13-18/h9-13,19-20H,14-17H2,1-8H3/t19-,20+,25+/m1/s1. The first kappa shape index (κ1) is 26.7. The molecule has 2 aliphatic rings. The normalized spacial score (nSPS) is 27.1. The molecule has 190 valence electrons. The van der Waals surface area contributed by atoms with Gasteiger partial charge in [0, 0.05) is 13.0 Å². The van der Waals surface area contributed by atoms with Crippen molar-refractivity contribution in [2.75, 3.05) is 20.3 Å². The van der Waals surface area contributed by atoms with E-state index >= 15 is 0 Å². The maximum atomic E-state index is 13.3. The molecule has 0 aliphatic carbocycles. The Labute approximate surface area is 204 Å². The molecule has 0 radical (unpaired) electrons. The fourth-order valence-corrected chi connectivity index (χ4v) is 5.19. The van der Waals surface area contributed by atoms with Gasteiger partial charge in [-0.15, -0.1) is 0 Å². The molecule has 8 nitrogen and oxygen atoms in total. The van der Waals surface area contributed by atoms with Crippen LogP contribution in [0.1, 0.15) is 46.6 Å². The molecule has 1 amide bonds. The van der Waals surface area contributed by atoms with Crippen LogP contribution in [0.2, 0.25) is 18.1 Å². The van der Waals surface area contributed by atoms with Gasteiger partial charge in [0.05, 0.1) is 20.3 Å². The van der Waals surface area contributed by atoms with Gasteiger partial charge in [-0.05, 0) is 37.5 Å². The van der Waals surface area contributed by atoms with E-state index in [1.165, 1.54) is 12.0 Å². The zero-order valence-electron chi connectivity index (χ0n) is 21.7. The van der Waals surface area contributed by atoms with Gasteiger partial charge in [-0.3, -0.25) is 4.90 Å². The highest BCUT2D eigenvalue weighted by molar-refractivity contribution is 6.74. The Morgan fingerprint density at radius 1 is 1.21 bits per heavy atom. The monoisotopic (exact) mass is 493 g/mol. The molecule has 0 bridgehead atoms. The van der Waals surface area contributed by atoms with E-state index in [4.69, 9.17) is 23.4 Å². The summed E-state index contributed by atoms with van der Waals surface area (Å²) < 4.78 is 29.7. The van der Waals surface area contributed by atoms with Gasteiger partial charge in [0.15, 0.2) is 19.6 Å². The Hall–Kier alpha value is -1.94. The van der Waals surface area contributed by atoms with Gasteiger partial charge in [-0.2, -0.15) is 0 Å².